The van der Waals surface area contributed by atoms with E-state index in [1.54, 1.807) is 12.4 Å². The molecule has 2 atom stereocenters. The molecule has 2 bridgehead atoms. The smallest absolute Gasteiger partial charge is 0.156 e. The highest BCUT2D eigenvalue weighted by Crippen LogP contribution is 2.47. The summed E-state index contributed by atoms with van der Waals surface area (Å²) in [5, 5.41) is 10.2. The molecule has 2 unspecified atom stereocenters. The van der Waals surface area contributed by atoms with E-state index in [4.69, 9.17) is 0 Å². The Kier molecular flexibility index (Phi) is 2.65. The van der Waals surface area contributed by atoms with Gasteiger partial charge in [-0.1, -0.05) is 6.07 Å². The fourth-order valence-corrected chi connectivity index (χ4v) is 6.22. The summed E-state index contributed by atoms with van der Waals surface area (Å²) in [6.45, 7) is 0. The Hall–Kier alpha value is -1.53. The van der Waals surface area contributed by atoms with E-state index in [9.17, 15) is 13.5 Å². The van der Waals surface area contributed by atoms with Crippen molar-refractivity contribution in [1.29, 1.82) is 0 Å². The van der Waals surface area contributed by atoms with E-state index in [0.717, 1.165) is 16.6 Å². The third-order valence-electron chi connectivity index (χ3n) is 4.88. The molecule has 4 rings (SSSR count). The lowest BCUT2D eigenvalue weighted by Gasteiger charge is -2.36. The second kappa shape index (κ2) is 4.24. The number of benzene rings is 1. The average molecular weight is 304 g/mol. The van der Waals surface area contributed by atoms with Gasteiger partial charge in [0, 0.05) is 12.4 Å². The van der Waals surface area contributed by atoms with E-state index in [1.165, 1.54) is 0 Å². The van der Waals surface area contributed by atoms with E-state index in [1.807, 2.05) is 18.2 Å². The second-order valence-corrected chi connectivity index (χ2v) is 8.62. The first-order valence-corrected chi connectivity index (χ1v) is 8.76. The van der Waals surface area contributed by atoms with Gasteiger partial charge in [-0.3, -0.25) is 9.97 Å². The number of hydrogen-bond donors (Lipinski definition) is 1. The highest BCUT2D eigenvalue weighted by molar-refractivity contribution is 7.93. The zero-order chi connectivity index (χ0) is 14.7. The number of nitrogens with zero attached hydrogens (tertiary/aromatic N) is 2. The van der Waals surface area contributed by atoms with Gasteiger partial charge < -0.3 is 5.11 Å². The lowest BCUT2D eigenvalue weighted by molar-refractivity contribution is 0.0174. The molecule has 0 amide bonds. The van der Waals surface area contributed by atoms with Crippen molar-refractivity contribution in [2.75, 3.05) is 0 Å². The summed E-state index contributed by atoms with van der Waals surface area (Å²) in [5.41, 5.74) is 1.19. The van der Waals surface area contributed by atoms with Crippen molar-refractivity contribution in [3.8, 4) is 0 Å². The molecule has 1 N–H and O–H groups in total. The normalized spacial score (nSPS) is 34.1. The van der Waals surface area contributed by atoms with Gasteiger partial charge in [-0.2, -0.15) is 0 Å². The molecule has 2 aromatic rings. The van der Waals surface area contributed by atoms with Crippen molar-refractivity contribution in [3.05, 3.63) is 36.2 Å². The van der Waals surface area contributed by atoms with E-state index >= 15 is 0 Å². The quantitative estimate of drug-likeness (QED) is 0.864. The first-order chi connectivity index (χ1) is 9.99. The SMILES string of the molecule is O=S1(=O)C2CCC1CC(O)(c1ccc3nccnc3c1)C2. The van der Waals surface area contributed by atoms with Crippen molar-refractivity contribution in [3.63, 3.8) is 0 Å². The predicted molar refractivity (Wildman–Crippen MR) is 78.4 cm³/mol. The Morgan fingerprint density at radius 3 is 2.33 bits per heavy atom. The molecule has 2 aliphatic heterocycles. The maximum atomic E-state index is 12.2. The molecule has 1 aromatic carbocycles. The van der Waals surface area contributed by atoms with Crippen LogP contribution in [0.2, 0.25) is 0 Å². The highest BCUT2D eigenvalue weighted by Gasteiger charge is 2.53. The van der Waals surface area contributed by atoms with Crippen LogP contribution in [0.3, 0.4) is 0 Å². The fourth-order valence-electron chi connectivity index (χ4n) is 3.73. The summed E-state index contributed by atoms with van der Waals surface area (Å²) in [6, 6.07) is 5.51. The van der Waals surface area contributed by atoms with Gasteiger partial charge in [0.25, 0.3) is 0 Å². The summed E-state index contributed by atoms with van der Waals surface area (Å²) >= 11 is 0. The Labute approximate surface area is 123 Å². The molecule has 2 fully saturated rings. The fraction of sp³-hybridized carbons (Fsp3) is 0.467. The van der Waals surface area contributed by atoms with Gasteiger partial charge in [-0.15, -0.1) is 0 Å². The van der Waals surface area contributed by atoms with E-state index < -0.39 is 25.9 Å². The third kappa shape index (κ3) is 1.89. The Balaban J connectivity index is 1.78. The third-order valence-corrected chi connectivity index (χ3v) is 7.54. The van der Waals surface area contributed by atoms with Crippen molar-refractivity contribution < 1.29 is 13.5 Å². The lowest BCUT2D eigenvalue weighted by Crippen LogP contribution is -2.43. The van der Waals surface area contributed by atoms with Crippen LogP contribution >= 0.6 is 0 Å². The summed E-state index contributed by atoms with van der Waals surface area (Å²) in [5.74, 6) is 0. The minimum Gasteiger partial charge on any atom is -0.385 e. The van der Waals surface area contributed by atoms with Gasteiger partial charge in [-0.05, 0) is 43.4 Å². The van der Waals surface area contributed by atoms with Crippen molar-refractivity contribution in [1.82, 2.24) is 9.97 Å². The number of fused-ring (bicyclic) bond motifs is 3. The molecule has 5 nitrogen and oxygen atoms in total. The molecule has 2 aliphatic rings. The predicted octanol–water partition coefficient (Wildman–Crippen LogP) is 1.56. The molecule has 21 heavy (non-hydrogen) atoms. The van der Waals surface area contributed by atoms with Crippen LogP contribution in [-0.2, 0) is 15.4 Å². The summed E-state index contributed by atoms with van der Waals surface area (Å²) in [4.78, 5) is 8.47. The molecule has 0 radical (unpaired) electrons. The number of hydrogen-bond acceptors (Lipinski definition) is 5. The molecular weight excluding hydrogens is 288 g/mol. The van der Waals surface area contributed by atoms with E-state index in [-0.39, 0.29) is 12.8 Å². The molecule has 0 spiro atoms. The largest absolute Gasteiger partial charge is 0.385 e. The van der Waals surface area contributed by atoms with Crippen LogP contribution in [0.1, 0.15) is 31.2 Å². The Morgan fingerprint density at radius 2 is 1.67 bits per heavy atom. The topological polar surface area (TPSA) is 80.2 Å². The number of rotatable bonds is 1. The maximum absolute atomic E-state index is 12.2. The van der Waals surface area contributed by atoms with Crippen LogP contribution < -0.4 is 0 Å². The number of aromatic nitrogens is 2. The van der Waals surface area contributed by atoms with Gasteiger partial charge in [-0.25, -0.2) is 8.42 Å². The van der Waals surface area contributed by atoms with E-state index in [2.05, 4.69) is 9.97 Å². The molecule has 110 valence electrons. The summed E-state index contributed by atoms with van der Waals surface area (Å²) in [6.07, 6.45) is 5.16. The first kappa shape index (κ1) is 13.2. The minimum atomic E-state index is -3.04. The van der Waals surface area contributed by atoms with Gasteiger partial charge in [0.05, 0.1) is 27.1 Å². The minimum absolute atomic E-state index is 0.289. The van der Waals surface area contributed by atoms with Crippen LogP contribution in [0.25, 0.3) is 11.0 Å². The van der Waals surface area contributed by atoms with E-state index in [0.29, 0.717) is 12.8 Å². The highest BCUT2D eigenvalue weighted by atomic mass is 32.2. The molecule has 0 saturated carbocycles. The molecule has 6 heteroatoms. The standard InChI is InChI=1S/C15H16N2O3S/c18-15(8-11-2-3-12(9-15)21(11,19)20)10-1-4-13-14(7-10)17-6-5-16-13/h1,4-7,11-12,18H,2-3,8-9H2. The van der Waals surface area contributed by atoms with Gasteiger partial charge in [0.15, 0.2) is 9.84 Å². The van der Waals surface area contributed by atoms with Crippen LogP contribution in [0.4, 0.5) is 0 Å². The zero-order valence-electron chi connectivity index (χ0n) is 11.4. The van der Waals surface area contributed by atoms with Crippen LogP contribution in [-0.4, -0.2) is 34.0 Å². The average Bonchev–Trinajstić information content (AvgIpc) is 2.66. The van der Waals surface area contributed by atoms with Crippen molar-refractivity contribution >= 4 is 20.9 Å². The molecule has 1 aromatic heterocycles. The first-order valence-electron chi connectivity index (χ1n) is 7.15. The number of sulfone groups is 1. The molecule has 3 heterocycles. The molecule has 0 aliphatic carbocycles. The van der Waals surface area contributed by atoms with Crippen molar-refractivity contribution in [2.45, 2.75) is 41.8 Å². The summed E-state index contributed by atoms with van der Waals surface area (Å²) in [7, 11) is -3.04. The van der Waals surface area contributed by atoms with Crippen molar-refractivity contribution in [2.24, 2.45) is 0 Å². The lowest BCUT2D eigenvalue weighted by atomic mass is 9.85. The maximum Gasteiger partial charge on any atom is 0.156 e. The van der Waals surface area contributed by atoms with Gasteiger partial charge in [0.2, 0.25) is 0 Å². The van der Waals surface area contributed by atoms with Crippen LogP contribution in [0.15, 0.2) is 30.6 Å². The second-order valence-electron chi connectivity index (χ2n) is 6.11. The Bertz CT molecular complexity index is 799. The van der Waals surface area contributed by atoms with Gasteiger partial charge in [0.1, 0.15) is 0 Å². The van der Waals surface area contributed by atoms with Gasteiger partial charge >= 0.3 is 0 Å². The number of aliphatic hydroxyl groups is 1. The monoisotopic (exact) mass is 304 g/mol. The molecule has 2 saturated heterocycles. The van der Waals surface area contributed by atoms with Crippen LogP contribution in [0.5, 0.6) is 0 Å². The Morgan fingerprint density at radius 1 is 1.05 bits per heavy atom. The van der Waals surface area contributed by atoms with Crippen LogP contribution in [0, 0.1) is 0 Å². The summed E-state index contributed by atoms with van der Waals surface area (Å²) < 4.78 is 24.3. The molecular formula is C15H16N2O3S. The zero-order valence-corrected chi connectivity index (χ0v) is 12.3.